The predicted octanol–water partition coefficient (Wildman–Crippen LogP) is 2.81. The number of fused-ring (bicyclic) bond motifs is 1. The number of aliphatic imine (C=N–C) groups is 1. The van der Waals surface area contributed by atoms with Crippen LogP contribution in [0.4, 0.5) is 0 Å². The summed E-state index contributed by atoms with van der Waals surface area (Å²) in [4.78, 5) is 11.5. The lowest BCUT2D eigenvalue weighted by Gasteiger charge is -2.50. The van der Waals surface area contributed by atoms with Gasteiger partial charge in [-0.3, -0.25) is 20.5 Å². The number of piperidine rings is 1. The van der Waals surface area contributed by atoms with Gasteiger partial charge in [-0.1, -0.05) is 47.5 Å². The van der Waals surface area contributed by atoms with Gasteiger partial charge in [-0.05, 0) is 42.6 Å². The van der Waals surface area contributed by atoms with E-state index in [1.807, 2.05) is 6.21 Å². The van der Waals surface area contributed by atoms with Gasteiger partial charge in [-0.25, -0.2) is 4.98 Å². The number of hydrogen-bond donors (Lipinski definition) is 4. The van der Waals surface area contributed by atoms with E-state index in [-0.39, 0.29) is 23.7 Å². The molecule has 192 valence electrons. The molecule has 0 amide bonds. The van der Waals surface area contributed by atoms with Crippen molar-refractivity contribution in [1.82, 2.24) is 25.8 Å². The van der Waals surface area contributed by atoms with Crippen LogP contribution in [-0.2, 0) is 6.54 Å². The standard InChI is InChI=1S/C26H46N6O2/c1-17(2)16-32(21-14-27-12-18-8-6-7-9-19(18)21)24(33)20-13-30-25(26(3,4)5)31-23(20)29-15-22-28-10-11-34-22/h10-11,13,17-21,23-25,27,29,31,33H,6-9,12,14-16H2,1-5H3/t18?,19?,20?,21?,23?,24-,25-/m1/s1. The highest BCUT2D eigenvalue weighted by molar-refractivity contribution is 5.64. The number of aliphatic hydroxyl groups excluding tert-OH is 1. The minimum atomic E-state index is -0.630. The summed E-state index contributed by atoms with van der Waals surface area (Å²) in [5.41, 5.74) is -0.0322. The molecule has 2 aliphatic heterocycles. The maximum absolute atomic E-state index is 11.9. The molecule has 0 aromatic carbocycles. The van der Waals surface area contributed by atoms with Gasteiger partial charge in [0.1, 0.15) is 18.7 Å². The third-order valence-corrected chi connectivity index (χ3v) is 7.81. The third-order valence-electron chi connectivity index (χ3n) is 7.81. The van der Waals surface area contributed by atoms with Crippen LogP contribution in [0.3, 0.4) is 0 Å². The van der Waals surface area contributed by atoms with E-state index >= 15 is 0 Å². The molecule has 0 bridgehead atoms. The molecule has 7 atom stereocenters. The van der Waals surface area contributed by atoms with Gasteiger partial charge in [0.2, 0.25) is 5.89 Å². The number of oxazole rings is 1. The molecule has 0 radical (unpaired) electrons. The van der Waals surface area contributed by atoms with E-state index in [9.17, 15) is 5.11 Å². The van der Waals surface area contributed by atoms with Crippen LogP contribution >= 0.6 is 0 Å². The Morgan fingerprint density at radius 1 is 1.24 bits per heavy atom. The molecule has 4 N–H and O–H groups in total. The Morgan fingerprint density at radius 2 is 2.03 bits per heavy atom. The zero-order valence-electron chi connectivity index (χ0n) is 21.7. The molecule has 2 fully saturated rings. The van der Waals surface area contributed by atoms with E-state index in [4.69, 9.17) is 9.41 Å². The number of rotatable bonds is 8. The van der Waals surface area contributed by atoms with Crippen molar-refractivity contribution in [2.75, 3.05) is 19.6 Å². The molecule has 1 saturated heterocycles. The smallest absolute Gasteiger partial charge is 0.207 e. The maximum atomic E-state index is 11.9. The summed E-state index contributed by atoms with van der Waals surface area (Å²) in [6.45, 7) is 14.5. The molecule has 8 nitrogen and oxygen atoms in total. The molecular formula is C26H46N6O2. The van der Waals surface area contributed by atoms with Gasteiger partial charge >= 0.3 is 0 Å². The Balaban J connectivity index is 1.57. The van der Waals surface area contributed by atoms with E-state index < -0.39 is 6.23 Å². The van der Waals surface area contributed by atoms with Crippen molar-refractivity contribution in [3.63, 3.8) is 0 Å². The summed E-state index contributed by atoms with van der Waals surface area (Å²) in [7, 11) is 0. The van der Waals surface area contributed by atoms with Crippen molar-refractivity contribution in [3.8, 4) is 0 Å². The van der Waals surface area contributed by atoms with Crippen LogP contribution in [0.5, 0.6) is 0 Å². The van der Waals surface area contributed by atoms with Crippen LogP contribution in [0.2, 0.25) is 0 Å². The molecule has 5 unspecified atom stereocenters. The zero-order valence-corrected chi connectivity index (χ0v) is 21.7. The van der Waals surface area contributed by atoms with E-state index in [1.54, 1.807) is 12.5 Å². The molecule has 1 saturated carbocycles. The average molecular weight is 475 g/mol. The normalized spacial score (nSPS) is 33.3. The first-order valence-electron chi connectivity index (χ1n) is 13.3. The lowest BCUT2D eigenvalue weighted by molar-refractivity contribution is -0.0933. The molecular weight excluding hydrogens is 428 g/mol. The molecule has 1 aliphatic carbocycles. The predicted molar refractivity (Wildman–Crippen MR) is 135 cm³/mol. The summed E-state index contributed by atoms with van der Waals surface area (Å²) in [5, 5.41) is 22.9. The number of hydrogen-bond acceptors (Lipinski definition) is 8. The highest BCUT2D eigenvalue weighted by atomic mass is 16.3. The van der Waals surface area contributed by atoms with Crippen molar-refractivity contribution < 1.29 is 9.52 Å². The minimum absolute atomic E-state index is 0.0318. The third kappa shape index (κ3) is 6.08. The topological polar surface area (TPSA) is 98.0 Å². The summed E-state index contributed by atoms with van der Waals surface area (Å²) in [5.74, 6) is 2.30. The van der Waals surface area contributed by atoms with Gasteiger partial charge in [0.15, 0.2) is 0 Å². The molecule has 3 aliphatic rings. The Morgan fingerprint density at radius 3 is 2.74 bits per heavy atom. The largest absolute Gasteiger partial charge is 0.448 e. The molecule has 3 heterocycles. The first kappa shape index (κ1) is 25.8. The second-order valence-electron chi connectivity index (χ2n) is 12.0. The lowest BCUT2D eigenvalue weighted by Crippen LogP contribution is -2.65. The van der Waals surface area contributed by atoms with E-state index in [1.165, 1.54) is 25.7 Å². The Bertz CT molecular complexity index is 775. The Kier molecular flexibility index (Phi) is 8.46. The van der Waals surface area contributed by atoms with Crippen molar-refractivity contribution >= 4 is 6.21 Å². The second-order valence-corrected chi connectivity index (χ2v) is 12.0. The molecule has 0 spiro atoms. The van der Waals surface area contributed by atoms with Crippen LogP contribution in [0, 0.1) is 29.1 Å². The highest BCUT2D eigenvalue weighted by Crippen LogP contribution is 2.37. The lowest BCUT2D eigenvalue weighted by atomic mass is 9.72. The van der Waals surface area contributed by atoms with Crippen molar-refractivity contribution in [1.29, 1.82) is 0 Å². The fraction of sp³-hybridized carbons (Fsp3) is 0.846. The SMILES string of the molecule is CC(C)CN(C1CNCC2CCCCC21)[C@H](O)C1C=N[C@@H](C(C)(C)C)NC1NCc1ncco1. The van der Waals surface area contributed by atoms with Crippen molar-refractivity contribution in [2.45, 2.75) is 91.4 Å². The Labute approximate surface area is 205 Å². The van der Waals surface area contributed by atoms with Gasteiger partial charge in [-0.2, -0.15) is 0 Å². The van der Waals surface area contributed by atoms with Gasteiger partial charge in [-0.15, -0.1) is 0 Å². The highest BCUT2D eigenvalue weighted by Gasteiger charge is 2.44. The fourth-order valence-corrected chi connectivity index (χ4v) is 6.06. The number of nitrogens with one attached hydrogen (secondary N) is 3. The molecule has 8 heteroatoms. The first-order chi connectivity index (χ1) is 16.2. The second kappa shape index (κ2) is 11.2. The van der Waals surface area contributed by atoms with E-state index in [0.29, 0.717) is 30.3 Å². The minimum Gasteiger partial charge on any atom is -0.448 e. The van der Waals surface area contributed by atoms with Crippen LogP contribution in [0.1, 0.15) is 66.2 Å². The quantitative estimate of drug-likeness (QED) is 0.430. The van der Waals surface area contributed by atoms with Crippen molar-refractivity contribution in [2.24, 2.45) is 34.1 Å². The van der Waals surface area contributed by atoms with Crippen LogP contribution in [0.15, 0.2) is 21.9 Å². The van der Waals surface area contributed by atoms with Crippen LogP contribution < -0.4 is 16.0 Å². The number of aliphatic hydroxyl groups is 1. The van der Waals surface area contributed by atoms with Gasteiger partial charge in [0.05, 0.1) is 24.8 Å². The molecule has 1 aromatic rings. The molecule has 4 rings (SSSR count). The zero-order chi connectivity index (χ0) is 24.3. The molecule has 1 aromatic heterocycles. The van der Waals surface area contributed by atoms with E-state index in [0.717, 1.165) is 25.6 Å². The summed E-state index contributed by atoms with van der Waals surface area (Å²) in [6, 6.07) is 0.345. The summed E-state index contributed by atoms with van der Waals surface area (Å²) >= 11 is 0. The monoisotopic (exact) mass is 474 g/mol. The number of aromatic nitrogens is 1. The van der Waals surface area contributed by atoms with E-state index in [2.05, 4.69) is 60.5 Å². The average Bonchev–Trinajstić information content (AvgIpc) is 3.33. The first-order valence-corrected chi connectivity index (χ1v) is 13.3. The fourth-order valence-electron chi connectivity index (χ4n) is 6.06. The van der Waals surface area contributed by atoms with Gasteiger partial charge in [0.25, 0.3) is 0 Å². The summed E-state index contributed by atoms with van der Waals surface area (Å²) < 4.78 is 5.45. The number of nitrogens with zero attached hydrogens (tertiary/aromatic N) is 3. The molecule has 34 heavy (non-hydrogen) atoms. The van der Waals surface area contributed by atoms with Crippen molar-refractivity contribution in [3.05, 3.63) is 18.4 Å². The van der Waals surface area contributed by atoms with Crippen LogP contribution in [-0.4, -0.2) is 65.4 Å². The van der Waals surface area contributed by atoms with Gasteiger partial charge < -0.3 is 14.8 Å². The Hall–Kier alpha value is -1.32. The van der Waals surface area contributed by atoms with Crippen LogP contribution in [0.25, 0.3) is 0 Å². The maximum Gasteiger partial charge on any atom is 0.207 e. The summed E-state index contributed by atoms with van der Waals surface area (Å²) in [6.07, 6.45) is 9.67. The van der Waals surface area contributed by atoms with Gasteiger partial charge in [0, 0.05) is 25.3 Å².